The molecule has 5 fully saturated rings. The molecule has 1 unspecified atom stereocenters. The molecular formula is C49H53F2N11O6. The van der Waals surface area contributed by atoms with Gasteiger partial charge in [-0.15, -0.1) is 0 Å². The Morgan fingerprint density at radius 3 is 2.46 bits per heavy atom. The van der Waals surface area contributed by atoms with Gasteiger partial charge in [-0.05, 0) is 112 Å². The van der Waals surface area contributed by atoms with Crippen LogP contribution in [0.15, 0.2) is 67.1 Å². The first-order valence-electron chi connectivity index (χ1n) is 23.9. The topological polar surface area (TPSA) is 188 Å². The average Bonchev–Trinajstić information content (AvgIpc) is 4.20. The second-order valence-corrected chi connectivity index (χ2v) is 19.1. The van der Waals surface area contributed by atoms with Gasteiger partial charge >= 0.3 is 0 Å². The number of carbonyl (C=O) groups excluding carboxylic acids is 5. The average molecular weight is 930 g/mol. The minimum Gasteiger partial charge on any atom is -0.384 e. The number of nitrogens with one attached hydrogen (secondary N) is 3. The zero-order chi connectivity index (χ0) is 46.6. The van der Waals surface area contributed by atoms with Crippen LogP contribution in [0.25, 0.3) is 5.65 Å². The highest BCUT2D eigenvalue weighted by Gasteiger charge is 2.46. The molecule has 68 heavy (non-hydrogen) atoms. The number of morpholine rings is 1. The van der Waals surface area contributed by atoms with Crippen LogP contribution in [0.2, 0.25) is 0 Å². The van der Waals surface area contributed by atoms with Crippen molar-refractivity contribution in [3.05, 3.63) is 101 Å². The maximum Gasteiger partial charge on any atom is 0.284 e. The highest BCUT2D eigenvalue weighted by Crippen LogP contribution is 2.38. The molecule has 19 heteroatoms. The van der Waals surface area contributed by atoms with E-state index in [9.17, 15) is 32.8 Å². The number of ether oxygens (including phenoxy) is 1. The number of amides is 5. The second kappa shape index (κ2) is 18.1. The summed E-state index contributed by atoms with van der Waals surface area (Å²) in [5.41, 5.74) is 3.61. The van der Waals surface area contributed by atoms with Crippen molar-refractivity contribution in [2.45, 2.75) is 101 Å². The number of carbonyl (C=O) groups is 5. The van der Waals surface area contributed by atoms with E-state index in [1.54, 1.807) is 35.3 Å². The number of imide groups is 2. The van der Waals surface area contributed by atoms with Crippen molar-refractivity contribution >= 4 is 52.4 Å². The van der Waals surface area contributed by atoms with Crippen LogP contribution in [0.3, 0.4) is 0 Å². The Hall–Kier alpha value is -6.60. The molecule has 5 aromatic rings. The minimum absolute atomic E-state index is 0.00169. The molecule has 8 heterocycles. The van der Waals surface area contributed by atoms with Gasteiger partial charge in [0.2, 0.25) is 11.8 Å². The third kappa shape index (κ3) is 8.39. The zero-order valence-corrected chi connectivity index (χ0v) is 37.5. The number of aromatic nitrogens is 5. The van der Waals surface area contributed by atoms with Gasteiger partial charge in [0.05, 0.1) is 47.8 Å². The van der Waals surface area contributed by atoms with Crippen molar-refractivity contribution in [1.82, 2.24) is 39.5 Å². The van der Waals surface area contributed by atoms with Crippen molar-refractivity contribution in [2.75, 3.05) is 54.9 Å². The van der Waals surface area contributed by atoms with Gasteiger partial charge in [-0.1, -0.05) is 30.3 Å². The first-order chi connectivity index (χ1) is 33.0. The summed E-state index contributed by atoms with van der Waals surface area (Å²) in [6, 6.07) is 14.9. The summed E-state index contributed by atoms with van der Waals surface area (Å²) in [7, 11) is 0. The summed E-state index contributed by atoms with van der Waals surface area (Å²) in [5, 5.41) is 16.9. The number of hydrogen-bond donors (Lipinski definition) is 3. The summed E-state index contributed by atoms with van der Waals surface area (Å²) in [4.78, 5) is 74.9. The fourth-order valence-electron chi connectivity index (χ4n) is 11.3. The summed E-state index contributed by atoms with van der Waals surface area (Å²) in [6.07, 6.45) is 9.57. The molecule has 5 amide bonds. The number of benzene rings is 2. The number of rotatable bonds is 13. The number of alkyl halides is 2. The number of hydrogen-bond acceptors (Lipinski definition) is 12. The van der Waals surface area contributed by atoms with Crippen molar-refractivity contribution in [1.29, 1.82) is 0 Å². The standard InChI is InChI=1S/C49H53F2N11O6/c50-44(51)43-38(54-46(64)36-23-53-60-21-17-40(55-45(36)60)59-25-34-22-33(59)27-68-34)26-61(57-43)32-10-6-29(7-11-32)24-58-19-15-31(16-20-58)30-8-4-28(5-9-30)14-18-52-37-3-1-2-35-42(37)49(67)62(48(35)66)39-12-13-41(63)56-47(39)65/h1-5,8-9,17,21,23,26,29,31-34,39,44,52H,6-7,10-16,18-20,22,24-25,27H2,(H,54,64)(H,56,63,65)/t29-,32-,33-,34-,39?/m1/s1. The molecule has 17 nitrogen and oxygen atoms in total. The van der Waals surface area contributed by atoms with Gasteiger partial charge in [-0.2, -0.15) is 10.2 Å². The Labute approximate surface area is 390 Å². The maximum atomic E-state index is 14.3. The van der Waals surface area contributed by atoms with Crippen LogP contribution < -0.4 is 20.9 Å². The van der Waals surface area contributed by atoms with Crippen LogP contribution in [0, 0.1) is 5.92 Å². The van der Waals surface area contributed by atoms with Gasteiger partial charge in [0.15, 0.2) is 11.3 Å². The SMILES string of the molecule is O=C1CCC(N2C(=O)c3cccc(NCCc4ccc(C5CCN(C[C@H]6CC[C@H](n7cc(NC(=O)c8cnn9ccc(N%10C[C@H]%11C[C@@H]%10CO%11)nc89)c(C(F)F)n7)CC6)CC5)cc4)c3C2=O)C(=O)N1. The Morgan fingerprint density at radius 1 is 0.912 bits per heavy atom. The summed E-state index contributed by atoms with van der Waals surface area (Å²) in [5.74, 6) is -0.953. The van der Waals surface area contributed by atoms with Gasteiger partial charge in [-0.25, -0.2) is 18.3 Å². The van der Waals surface area contributed by atoms with Crippen molar-refractivity contribution in [2.24, 2.45) is 5.92 Å². The molecule has 3 N–H and O–H groups in total. The molecule has 4 saturated heterocycles. The second-order valence-electron chi connectivity index (χ2n) is 19.1. The first-order valence-corrected chi connectivity index (χ1v) is 23.9. The quantitative estimate of drug-likeness (QED) is 0.121. The highest BCUT2D eigenvalue weighted by atomic mass is 19.3. The number of nitrogens with zero attached hydrogens (tertiary/aromatic N) is 8. The molecule has 2 aromatic carbocycles. The van der Waals surface area contributed by atoms with E-state index in [1.165, 1.54) is 16.3 Å². The summed E-state index contributed by atoms with van der Waals surface area (Å²) < 4.78 is 37.5. The predicted molar refractivity (Wildman–Crippen MR) is 245 cm³/mol. The number of likely N-dealkylation sites (tertiary alicyclic amines) is 1. The normalized spacial score (nSPS) is 24.4. The van der Waals surface area contributed by atoms with Gasteiger partial charge in [0.1, 0.15) is 17.4 Å². The third-order valence-corrected chi connectivity index (χ3v) is 15.0. The molecule has 11 rings (SSSR count). The van der Waals surface area contributed by atoms with Crippen LogP contribution in [-0.2, 0) is 20.7 Å². The van der Waals surface area contributed by atoms with Crippen LogP contribution in [0.1, 0.15) is 124 Å². The number of halogens is 2. The highest BCUT2D eigenvalue weighted by molar-refractivity contribution is 6.25. The van der Waals surface area contributed by atoms with E-state index >= 15 is 0 Å². The lowest BCUT2D eigenvalue weighted by Crippen LogP contribution is -2.54. The van der Waals surface area contributed by atoms with E-state index in [0.29, 0.717) is 42.7 Å². The van der Waals surface area contributed by atoms with Crippen molar-refractivity contribution in [3.8, 4) is 0 Å². The molecule has 3 aromatic heterocycles. The fourth-order valence-corrected chi connectivity index (χ4v) is 11.3. The molecule has 354 valence electrons. The molecule has 6 aliphatic rings. The first kappa shape index (κ1) is 43.9. The van der Waals surface area contributed by atoms with Crippen molar-refractivity contribution < 1.29 is 37.5 Å². The summed E-state index contributed by atoms with van der Waals surface area (Å²) >= 11 is 0. The van der Waals surface area contributed by atoms with E-state index in [-0.39, 0.29) is 53.4 Å². The van der Waals surface area contributed by atoms with E-state index < -0.39 is 47.7 Å². The van der Waals surface area contributed by atoms with Gasteiger partial charge in [-0.3, -0.25) is 38.9 Å². The predicted octanol–water partition coefficient (Wildman–Crippen LogP) is 5.76. The molecule has 0 spiro atoms. The Kier molecular flexibility index (Phi) is 11.7. The van der Waals surface area contributed by atoms with E-state index in [1.807, 2.05) is 6.07 Å². The fraction of sp³-hybridized carbons (Fsp3) is 0.469. The number of piperidine rings is 2. The smallest absolute Gasteiger partial charge is 0.284 e. The van der Waals surface area contributed by atoms with Gasteiger partial charge < -0.3 is 25.2 Å². The van der Waals surface area contributed by atoms with E-state index in [0.717, 1.165) is 87.4 Å². The Bertz CT molecular complexity index is 2780. The third-order valence-electron chi connectivity index (χ3n) is 15.0. The lowest BCUT2D eigenvalue weighted by molar-refractivity contribution is -0.136. The zero-order valence-electron chi connectivity index (χ0n) is 37.5. The van der Waals surface area contributed by atoms with Gasteiger partial charge in [0, 0.05) is 44.1 Å². The van der Waals surface area contributed by atoms with Crippen LogP contribution in [0.4, 0.5) is 26.0 Å². The molecule has 3 atom stereocenters. The number of anilines is 3. The lowest BCUT2D eigenvalue weighted by Gasteiger charge is -2.36. The molecule has 5 aliphatic heterocycles. The van der Waals surface area contributed by atoms with Crippen LogP contribution in [0.5, 0.6) is 0 Å². The van der Waals surface area contributed by atoms with Crippen LogP contribution in [-0.4, -0.2) is 121 Å². The summed E-state index contributed by atoms with van der Waals surface area (Å²) in [6.45, 7) is 4.95. The van der Waals surface area contributed by atoms with E-state index in [4.69, 9.17) is 9.72 Å². The number of fused-ring (bicyclic) bond motifs is 4. The van der Waals surface area contributed by atoms with Gasteiger partial charge in [0.25, 0.3) is 24.1 Å². The minimum atomic E-state index is -2.86. The largest absolute Gasteiger partial charge is 0.384 e. The molecule has 2 bridgehead atoms. The Balaban J connectivity index is 0.636. The maximum absolute atomic E-state index is 14.3. The Morgan fingerprint density at radius 2 is 1.72 bits per heavy atom. The van der Waals surface area contributed by atoms with Crippen LogP contribution >= 0.6 is 0 Å². The monoisotopic (exact) mass is 929 g/mol. The molecule has 1 saturated carbocycles. The molecule has 1 aliphatic carbocycles. The van der Waals surface area contributed by atoms with E-state index in [2.05, 4.69) is 60.2 Å². The lowest BCUT2D eigenvalue weighted by atomic mass is 9.84. The van der Waals surface area contributed by atoms with Crippen molar-refractivity contribution in [3.63, 3.8) is 0 Å². The molecule has 0 radical (unpaired) electrons. The molecular weight excluding hydrogens is 877 g/mol.